The number of nitrogens with one attached hydrogen (secondary N) is 1. The first-order valence-corrected chi connectivity index (χ1v) is 10.3. The maximum Gasteiger partial charge on any atom is 0.407 e. The van der Waals surface area contributed by atoms with E-state index in [0.29, 0.717) is 51.9 Å². The second kappa shape index (κ2) is 16.3. The van der Waals surface area contributed by atoms with Gasteiger partial charge in [-0.3, -0.25) is 0 Å². The summed E-state index contributed by atoms with van der Waals surface area (Å²) in [6.45, 7) is 12.0. The van der Waals surface area contributed by atoms with Crippen LogP contribution in [-0.2, 0) is 18.9 Å². The summed E-state index contributed by atoms with van der Waals surface area (Å²) in [5, 5.41) is 29.3. The standard InChI is InChI=1S/C15H27NO4.C6H12O4/c1-13(2)7-6-9-18-11-12-19-10-8-16-14(17)20-15(3,4)5;7-3-5-6(9)4(8)1-2-10-5/h13H,8-12H2,1-5H3,(H,16,17);4-9H,1-3H2. The highest BCUT2D eigenvalue weighted by Crippen LogP contribution is 2.13. The molecular formula is C21H39NO8. The molecule has 3 atom stereocenters. The van der Waals surface area contributed by atoms with Gasteiger partial charge >= 0.3 is 6.09 Å². The summed E-state index contributed by atoms with van der Waals surface area (Å²) in [6.07, 6.45) is -2.27. The lowest BCUT2D eigenvalue weighted by atomic mass is 10.0. The van der Waals surface area contributed by atoms with Crippen LogP contribution in [0.4, 0.5) is 4.79 Å². The van der Waals surface area contributed by atoms with E-state index in [4.69, 9.17) is 34.3 Å². The van der Waals surface area contributed by atoms with Crippen LogP contribution < -0.4 is 5.32 Å². The third-order valence-corrected chi connectivity index (χ3v) is 3.55. The molecule has 0 aliphatic carbocycles. The van der Waals surface area contributed by atoms with Gasteiger partial charge in [-0.15, -0.1) is 0 Å². The second-order valence-electron chi connectivity index (χ2n) is 8.01. The maximum atomic E-state index is 11.3. The smallest absolute Gasteiger partial charge is 0.407 e. The predicted molar refractivity (Wildman–Crippen MR) is 112 cm³/mol. The summed E-state index contributed by atoms with van der Waals surface area (Å²) in [5.41, 5.74) is -0.476. The molecule has 9 heteroatoms. The molecule has 0 aromatic rings. The summed E-state index contributed by atoms with van der Waals surface area (Å²) in [4.78, 5) is 11.3. The van der Waals surface area contributed by atoms with E-state index in [-0.39, 0.29) is 6.61 Å². The molecule has 0 spiro atoms. The minimum atomic E-state index is -0.932. The Hall–Kier alpha value is -1.41. The zero-order chi connectivity index (χ0) is 23.0. The third kappa shape index (κ3) is 16.4. The number of amides is 1. The Bertz CT molecular complexity index is 509. The van der Waals surface area contributed by atoms with Gasteiger partial charge in [-0.2, -0.15) is 0 Å². The van der Waals surface area contributed by atoms with E-state index in [1.165, 1.54) is 0 Å². The number of hydrogen-bond acceptors (Lipinski definition) is 8. The van der Waals surface area contributed by atoms with Gasteiger partial charge in [0.2, 0.25) is 0 Å². The number of alkyl carbamates (subject to hydrolysis) is 1. The fourth-order valence-electron chi connectivity index (χ4n) is 2.15. The van der Waals surface area contributed by atoms with Crippen LogP contribution in [0.25, 0.3) is 0 Å². The molecule has 1 aliphatic rings. The Kier molecular flexibility index (Phi) is 15.5. The van der Waals surface area contributed by atoms with Crippen molar-refractivity contribution >= 4 is 6.09 Å². The number of hydrogen-bond donors (Lipinski definition) is 4. The van der Waals surface area contributed by atoms with E-state index in [1.807, 2.05) is 34.6 Å². The van der Waals surface area contributed by atoms with Gasteiger partial charge in [0.15, 0.2) is 0 Å². The molecule has 0 aromatic carbocycles. The largest absolute Gasteiger partial charge is 0.444 e. The molecule has 4 N–H and O–H groups in total. The van der Waals surface area contributed by atoms with Crippen LogP contribution in [-0.4, -0.2) is 91.5 Å². The summed E-state index contributed by atoms with van der Waals surface area (Å²) in [7, 11) is 0. The summed E-state index contributed by atoms with van der Waals surface area (Å²) in [6, 6.07) is 0. The third-order valence-electron chi connectivity index (χ3n) is 3.55. The van der Waals surface area contributed by atoms with Gasteiger partial charge in [0.25, 0.3) is 0 Å². The molecule has 1 aliphatic heterocycles. The Labute approximate surface area is 180 Å². The Morgan fingerprint density at radius 3 is 2.43 bits per heavy atom. The highest BCUT2D eigenvalue weighted by molar-refractivity contribution is 5.67. The number of ether oxygens (including phenoxy) is 4. The lowest BCUT2D eigenvalue weighted by Crippen LogP contribution is -2.46. The van der Waals surface area contributed by atoms with Crippen LogP contribution in [0.15, 0.2) is 0 Å². The summed E-state index contributed by atoms with van der Waals surface area (Å²) >= 11 is 0. The Morgan fingerprint density at radius 2 is 1.87 bits per heavy atom. The highest BCUT2D eigenvalue weighted by atomic mass is 16.6. The van der Waals surface area contributed by atoms with Crippen LogP contribution in [0.2, 0.25) is 0 Å². The van der Waals surface area contributed by atoms with Gasteiger partial charge in [0.05, 0.1) is 32.5 Å². The average Bonchev–Trinajstić information content (AvgIpc) is 2.64. The first-order chi connectivity index (χ1) is 14.1. The van der Waals surface area contributed by atoms with Gasteiger partial charge < -0.3 is 39.6 Å². The van der Waals surface area contributed by atoms with Crippen LogP contribution in [0.1, 0.15) is 41.0 Å². The molecule has 0 bridgehead atoms. The van der Waals surface area contributed by atoms with Crippen molar-refractivity contribution in [3.63, 3.8) is 0 Å². The number of aliphatic hydroxyl groups is 3. The van der Waals surface area contributed by atoms with Gasteiger partial charge in [-0.05, 0) is 27.2 Å². The zero-order valence-corrected chi connectivity index (χ0v) is 18.8. The number of carbonyl (C=O) groups excluding carboxylic acids is 1. The first kappa shape index (κ1) is 28.6. The zero-order valence-electron chi connectivity index (χ0n) is 18.8. The monoisotopic (exact) mass is 433 g/mol. The van der Waals surface area contributed by atoms with E-state index >= 15 is 0 Å². The van der Waals surface area contributed by atoms with Crippen molar-refractivity contribution in [2.75, 3.05) is 46.2 Å². The molecule has 1 fully saturated rings. The molecule has 0 saturated carbocycles. The topological polar surface area (TPSA) is 127 Å². The lowest BCUT2D eigenvalue weighted by molar-refractivity contribution is -0.147. The molecule has 0 radical (unpaired) electrons. The molecule has 0 aromatic heterocycles. The van der Waals surface area contributed by atoms with E-state index < -0.39 is 30.0 Å². The fraction of sp³-hybridized carbons (Fsp3) is 0.857. The molecular weight excluding hydrogens is 394 g/mol. The van der Waals surface area contributed by atoms with E-state index in [1.54, 1.807) is 0 Å². The maximum absolute atomic E-state index is 11.3. The lowest BCUT2D eigenvalue weighted by Gasteiger charge is -2.30. The van der Waals surface area contributed by atoms with Gasteiger partial charge in [-0.25, -0.2) is 4.79 Å². The highest BCUT2D eigenvalue weighted by Gasteiger charge is 2.30. The van der Waals surface area contributed by atoms with Crippen molar-refractivity contribution in [1.29, 1.82) is 0 Å². The van der Waals surface area contributed by atoms with Gasteiger partial charge in [0, 0.05) is 19.1 Å². The Balaban J connectivity index is 0.000000696. The quantitative estimate of drug-likeness (QED) is 0.325. The minimum Gasteiger partial charge on any atom is -0.444 e. The predicted octanol–water partition coefficient (Wildman–Crippen LogP) is 0.693. The van der Waals surface area contributed by atoms with Gasteiger partial charge in [-0.1, -0.05) is 25.7 Å². The SMILES string of the molecule is CC(C)C#CCOCCOCCNC(=O)OC(C)(C)C.OCC1OCCC(O)C1O. The van der Waals surface area contributed by atoms with Crippen LogP contribution in [0.3, 0.4) is 0 Å². The molecule has 1 amide bonds. The molecule has 1 heterocycles. The van der Waals surface area contributed by atoms with Crippen molar-refractivity contribution in [1.82, 2.24) is 5.32 Å². The van der Waals surface area contributed by atoms with Crippen molar-refractivity contribution in [3.8, 4) is 11.8 Å². The van der Waals surface area contributed by atoms with E-state index in [0.717, 1.165) is 0 Å². The Morgan fingerprint density at radius 1 is 1.20 bits per heavy atom. The molecule has 176 valence electrons. The van der Waals surface area contributed by atoms with Crippen molar-refractivity contribution in [2.24, 2.45) is 5.92 Å². The van der Waals surface area contributed by atoms with Crippen molar-refractivity contribution in [3.05, 3.63) is 0 Å². The number of aliphatic hydroxyl groups excluding tert-OH is 3. The molecule has 1 saturated heterocycles. The minimum absolute atomic E-state index is 0.238. The molecule has 30 heavy (non-hydrogen) atoms. The molecule has 3 unspecified atom stereocenters. The number of carbonyl (C=O) groups is 1. The second-order valence-corrected chi connectivity index (χ2v) is 8.01. The summed E-state index contributed by atoms with van der Waals surface area (Å²) in [5.74, 6) is 6.30. The average molecular weight is 434 g/mol. The van der Waals surface area contributed by atoms with Crippen LogP contribution in [0.5, 0.6) is 0 Å². The van der Waals surface area contributed by atoms with Gasteiger partial charge in [0.1, 0.15) is 24.4 Å². The van der Waals surface area contributed by atoms with Crippen molar-refractivity contribution in [2.45, 2.75) is 65.0 Å². The van der Waals surface area contributed by atoms with Crippen LogP contribution >= 0.6 is 0 Å². The normalized spacial score (nSPS) is 21.2. The van der Waals surface area contributed by atoms with Crippen LogP contribution in [0, 0.1) is 17.8 Å². The molecule has 1 rings (SSSR count). The first-order valence-electron chi connectivity index (χ1n) is 10.3. The molecule has 9 nitrogen and oxygen atoms in total. The fourth-order valence-corrected chi connectivity index (χ4v) is 2.15. The van der Waals surface area contributed by atoms with E-state index in [2.05, 4.69) is 17.2 Å². The summed E-state index contributed by atoms with van der Waals surface area (Å²) < 4.78 is 20.6. The van der Waals surface area contributed by atoms with E-state index in [9.17, 15) is 4.79 Å². The van der Waals surface area contributed by atoms with Crippen molar-refractivity contribution < 1.29 is 39.1 Å². The number of rotatable bonds is 8.